The molecule has 0 saturated carbocycles. The quantitative estimate of drug-likeness (QED) is 0.450. The van der Waals surface area contributed by atoms with Crippen LogP contribution in [0.5, 0.6) is 0 Å². The van der Waals surface area contributed by atoms with Crippen molar-refractivity contribution in [2.75, 3.05) is 0 Å². The summed E-state index contributed by atoms with van der Waals surface area (Å²) in [6, 6.07) is 15.3. The molecule has 0 aliphatic carbocycles. The average Bonchev–Trinajstić information content (AvgIpc) is 2.65. The van der Waals surface area contributed by atoms with Crippen molar-refractivity contribution in [3.8, 4) is 17.2 Å². The Labute approximate surface area is 152 Å². The van der Waals surface area contributed by atoms with Gasteiger partial charge < -0.3 is 0 Å². The van der Waals surface area contributed by atoms with E-state index in [1.807, 2.05) is 24.3 Å². The van der Waals surface area contributed by atoms with Crippen LogP contribution in [0.1, 0.15) is 43.7 Å². The zero-order valence-electron chi connectivity index (χ0n) is 14.9. The molecule has 3 aromatic carbocycles. The summed E-state index contributed by atoms with van der Waals surface area (Å²) in [7, 11) is 0. The lowest BCUT2D eigenvalue weighted by Gasteiger charge is -2.09. The fourth-order valence-corrected chi connectivity index (χ4v) is 3.25. The molecule has 0 radical (unpaired) electrons. The van der Waals surface area contributed by atoms with Crippen molar-refractivity contribution in [3.63, 3.8) is 0 Å². The number of nitriles is 1. The van der Waals surface area contributed by atoms with E-state index in [9.17, 15) is 8.78 Å². The third kappa shape index (κ3) is 3.75. The van der Waals surface area contributed by atoms with Crippen LogP contribution in [0.25, 0.3) is 21.9 Å². The first-order valence-electron chi connectivity index (χ1n) is 9.05. The van der Waals surface area contributed by atoms with Crippen molar-refractivity contribution < 1.29 is 8.78 Å². The average molecular weight is 349 g/mol. The second-order valence-electron chi connectivity index (χ2n) is 6.60. The second kappa shape index (κ2) is 8.10. The molecule has 0 spiro atoms. The zero-order chi connectivity index (χ0) is 18.5. The summed E-state index contributed by atoms with van der Waals surface area (Å²) in [4.78, 5) is 0. The van der Waals surface area contributed by atoms with Crippen molar-refractivity contribution in [1.29, 1.82) is 5.26 Å². The van der Waals surface area contributed by atoms with Crippen LogP contribution in [0.3, 0.4) is 0 Å². The topological polar surface area (TPSA) is 23.8 Å². The molecular formula is C23H21F2N. The summed E-state index contributed by atoms with van der Waals surface area (Å²) in [5.41, 5.74) is 1.95. The van der Waals surface area contributed by atoms with Crippen molar-refractivity contribution in [2.45, 2.75) is 39.0 Å². The molecule has 0 bridgehead atoms. The van der Waals surface area contributed by atoms with E-state index >= 15 is 0 Å². The minimum absolute atomic E-state index is 0.0392. The van der Waals surface area contributed by atoms with Crippen LogP contribution in [-0.2, 0) is 6.42 Å². The number of benzene rings is 3. The molecule has 0 heterocycles. The van der Waals surface area contributed by atoms with E-state index < -0.39 is 5.82 Å². The molecule has 0 amide bonds. The highest BCUT2D eigenvalue weighted by atomic mass is 19.1. The van der Waals surface area contributed by atoms with E-state index in [2.05, 4.69) is 6.92 Å². The number of rotatable bonds is 6. The van der Waals surface area contributed by atoms with Crippen LogP contribution in [0.2, 0.25) is 0 Å². The molecule has 0 aliphatic rings. The van der Waals surface area contributed by atoms with Gasteiger partial charge in [-0.25, -0.2) is 8.78 Å². The largest absolute Gasteiger partial charge is 0.206 e. The molecule has 132 valence electrons. The monoisotopic (exact) mass is 349 g/mol. The van der Waals surface area contributed by atoms with Gasteiger partial charge >= 0.3 is 0 Å². The maximum atomic E-state index is 15.0. The number of hydrogen-bond donors (Lipinski definition) is 0. The Morgan fingerprint density at radius 2 is 1.77 bits per heavy atom. The van der Waals surface area contributed by atoms with Gasteiger partial charge in [-0.2, -0.15) is 5.26 Å². The van der Waals surface area contributed by atoms with Crippen LogP contribution in [0.15, 0.2) is 48.5 Å². The smallest absolute Gasteiger partial charge is 0.141 e. The Bertz CT molecular complexity index is 970. The van der Waals surface area contributed by atoms with Gasteiger partial charge in [0.15, 0.2) is 0 Å². The predicted octanol–water partition coefficient (Wildman–Crippen LogP) is 6.78. The molecule has 1 nitrogen and oxygen atoms in total. The molecule has 0 aromatic heterocycles. The van der Waals surface area contributed by atoms with Crippen molar-refractivity contribution >= 4 is 10.8 Å². The first-order valence-corrected chi connectivity index (χ1v) is 9.05. The molecule has 3 rings (SSSR count). The molecule has 0 N–H and O–H groups in total. The van der Waals surface area contributed by atoms with Crippen molar-refractivity contribution in [1.82, 2.24) is 0 Å². The van der Waals surface area contributed by atoms with Gasteiger partial charge in [-0.15, -0.1) is 0 Å². The number of aryl methyl sites for hydroxylation is 1. The van der Waals surface area contributed by atoms with Crippen LogP contribution in [0, 0.1) is 23.0 Å². The Balaban J connectivity index is 1.91. The van der Waals surface area contributed by atoms with Gasteiger partial charge in [0.05, 0.1) is 5.56 Å². The molecule has 0 fully saturated rings. The van der Waals surface area contributed by atoms with E-state index in [1.165, 1.54) is 37.0 Å². The summed E-state index contributed by atoms with van der Waals surface area (Å²) in [6.45, 7) is 2.19. The lowest BCUT2D eigenvalue weighted by atomic mass is 9.97. The molecule has 3 heteroatoms. The van der Waals surface area contributed by atoms with Crippen LogP contribution < -0.4 is 0 Å². The standard InChI is InChI=1S/C23H21F2N/c1-2-3-4-5-6-16-7-11-20-17(13-16)10-12-21(23(20)25)18-8-9-19(15-26)22(24)14-18/h7-14H,2-6H2,1H3. The maximum Gasteiger partial charge on any atom is 0.141 e. The SMILES string of the molecule is CCCCCCc1ccc2c(F)c(-c3ccc(C#N)c(F)c3)ccc2c1. The number of fused-ring (bicyclic) bond motifs is 1. The third-order valence-corrected chi connectivity index (χ3v) is 4.74. The lowest BCUT2D eigenvalue weighted by Crippen LogP contribution is -1.92. The number of unbranched alkanes of at least 4 members (excludes halogenated alkanes) is 3. The van der Waals surface area contributed by atoms with Crippen LogP contribution >= 0.6 is 0 Å². The van der Waals surface area contributed by atoms with E-state index in [-0.39, 0.29) is 11.4 Å². The predicted molar refractivity (Wildman–Crippen MR) is 102 cm³/mol. The molecule has 0 aliphatic heterocycles. The van der Waals surface area contributed by atoms with Gasteiger partial charge in [0.2, 0.25) is 0 Å². The zero-order valence-corrected chi connectivity index (χ0v) is 14.9. The van der Waals surface area contributed by atoms with Crippen LogP contribution in [0.4, 0.5) is 8.78 Å². The maximum absolute atomic E-state index is 15.0. The molecule has 3 aromatic rings. The minimum Gasteiger partial charge on any atom is -0.206 e. The van der Waals surface area contributed by atoms with Gasteiger partial charge in [-0.1, -0.05) is 62.6 Å². The minimum atomic E-state index is -0.632. The number of hydrogen-bond acceptors (Lipinski definition) is 1. The van der Waals surface area contributed by atoms with E-state index in [0.29, 0.717) is 16.5 Å². The normalized spacial score (nSPS) is 10.8. The molecule has 0 atom stereocenters. The van der Waals surface area contributed by atoms with Gasteiger partial charge in [0, 0.05) is 10.9 Å². The van der Waals surface area contributed by atoms with E-state index in [1.54, 1.807) is 18.2 Å². The van der Waals surface area contributed by atoms with Crippen molar-refractivity contribution in [2.24, 2.45) is 0 Å². The second-order valence-corrected chi connectivity index (χ2v) is 6.60. The highest BCUT2D eigenvalue weighted by Gasteiger charge is 2.12. The molecule has 0 unspecified atom stereocenters. The molecule has 0 saturated heterocycles. The highest BCUT2D eigenvalue weighted by molar-refractivity contribution is 5.88. The summed E-state index contributed by atoms with van der Waals surface area (Å²) >= 11 is 0. The van der Waals surface area contributed by atoms with E-state index in [4.69, 9.17) is 5.26 Å². The fraction of sp³-hybridized carbons (Fsp3) is 0.261. The fourth-order valence-electron chi connectivity index (χ4n) is 3.25. The third-order valence-electron chi connectivity index (χ3n) is 4.74. The number of nitrogens with zero attached hydrogens (tertiary/aromatic N) is 1. The first-order chi connectivity index (χ1) is 12.6. The van der Waals surface area contributed by atoms with Crippen molar-refractivity contribution in [3.05, 3.63) is 71.3 Å². The first kappa shape index (κ1) is 18.1. The summed E-state index contributed by atoms with van der Waals surface area (Å²) in [6.07, 6.45) is 5.81. The van der Waals surface area contributed by atoms with Crippen LogP contribution in [-0.4, -0.2) is 0 Å². The Morgan fingerprint density at radius 1 is 0.923 bits per heavy atom. The van der Waals surface area contributed by atoms with Gasteiger partial charge in [-0.3, -0.25) is 0 Å². The van der Waals surface area contributed by atoms with Gasteiger partial charge in [0.25, 0.3) is 0 Å². The summed E-state index contributed by atoms with van der Waals surface area (Å²) in [5.74, 6) is -0.990. The molecular weight excluding hydrogens is 328 g/mol. The summed E-state index contributed by atoms with van der Waals surface area (Å²) < 4.78 is 28.8. The Hall–Kier alpha value is -2.73. The lowest BCUT2D eigenvalue weighted by molar-refractivity contribution is 0.623. The Kier molecular flexibility index (Phi) is 5.63. The molecule has 26 heavy (non-hydrogen) atoms. The Morgan fingerprint density at radius 3 is 2.50 bits per heavy atom. The number of halogens is 2. The van der Waals surface area contributed by atoms with Gasteiger partial charge in [-0.05, 0) is 41.5 Å². The highest BCUT2D eigenvalue weighted by Crippen LogP contribution is 2.30. The van der Waals surface area contributed by atoms with Gasteiger partial charge in [0.1, 0.15) is 17.7 Å². The van der Waals surface area contributed by atoms with E-state index in [0.717, 1.165) is 18.2 Å². The summed E-state index contributed by atoms with van der Waals surface area (Å²) in [5, 5.41) is 10.2.